The number of nitrogens with zero attached hydrogens (tertiary/aromatic N) is 1. The van der Waals surface area contributed by atoms with Crippen LogP contribution in [-0.2, 0) is 9.35 Å². The smallest absolute Gasteiger partial charge is 0.0515 e. The van der Waals surface area contributed by atoms with Gasteiger partial charge in [0.1, 0.15) is 0 Å². The molecular formula is C12H19NO2S. The van der Waals surface area contributed by atoms with Crippen molar-refractivity contribution in [3.8, 4) is 0 Å². The van der Waals surface area contributed by atoms with E-state index in [0.717, 1.165) is 5.69 Å². The zero-order chi connectivity index (χ0) is 11.8. The molecular weight excluding hydrogens is 222 g/mol. The zero-order valence-corrected chi connectivity index (χ0v) is 10.7. The lowest BCUT2D eigenvalue weighted by atomic mass is 10.2. The Morgan fingerprint density at radius 3 is 2.19 bits per heavy atom. The van der Waals surface area contributed by atoms with Gasteiger partial charge in [-0.25, -0.2) is 4.21 Å². The Balaban J connectivity index is 2.10. The maximum Gasteiger partial charge on any atom is 0.0515 e. The van der Waals surface area contributed by atoms with Crippen LogP contribution in [0.2, 0.25) is 0 Å². The quantitative estimate of drug-likeness (QED) is 0.814. The highest BCUT2D eigenvalue weighted by Crippen LogP contribution is 2.25. The van der Waals surface area contributed by atoms with Crippen molar-refractivity contribution in [3.05, 3.63) is 29.8 Å². The van der Waals surface area contributed by atoms with E-state index in [-0.39, 0.29) is 0 Å². The van der Waals surface area contributed by atoms with Crippen LogP contribution in [0.15, 0.2) is 24.3 Å². The summed E-state index contributed by atoms with van der Waals surface area (Å²) >= 11 is 0. The van der Waals surface area contributed by atoms with Crippen LogP contribution in [0, 0.1) is 6.92 Å². The lowest BCUT2D eigenvalue weighted by Crippen LogP contribution is -2.52. The van der Waals surface area contributed by atoms with Crippen molar-refractivity contribution in [2.45, 2.75) is 6.92 Å². The lowest BCUT2D eigenvalue weighted by molar-refractivity contribution is 0.509. The van der Waals surface area contributed by atoms with E-state index in [2.05, 4.69) is 36.1 Å². The van der Waals surface area contributed by atoms with Crippen molar-refractivity contribution < 1.29 is 8.76 Å². The molecule has 0 unspecified atom stereocenters. The van der Waals surface area contributed by atoms with Crippen LogP contribution in [0.25, 0.3) is 0 Å². The molecule has 1 fully saturated rings. The second-order valence-electron chi connectivity index (χ2n) is 4.93. The predicted octanol–water partition coefficient (Wildman–Crippen LogP) is 1.74. The van der Waals surface area contributed by atoms with Crippen molar-refractivity contribution >= 4 is 15.0 Å². The largest absolute Gasteiger partial charge is 0.368 e. The van der Waals surface area contributed by atoms with Crippen molar-refractivity contribution in [3.63, 3.8) is 0 Å². The summed E-state index contributed by atoms with van der Waals surface area (Å²) in [6.07, 6.45) is 1.50. The van der Waals surface area contributed by atoms with E-state index in [0.29, 0.717) is 24.6 Å². The maximum absolute atomic E-state index is 12.0. The van der Waals surface area contributed by atoms with Gasteiger partial charge in [-0.1, -0.05) is 17.7 Å². The molecule has 0 radical (unpaired) electrons. The molecule has 3 nitrogen and oxygen atoms in total. The van der Waals surface area contributed by atoms with E-state index < -0.39 is 9.35 Å². The van der Waals surface area contributed by atoms with E-state index in [4.69, 9.17) is 0 Å². The van der Waals surface area contributed by atoms with E-state index in [1.165, 1.54) is 11.8 Å². The fourth-order valence-electron chi connectivity index (χ4n) is 1.92. The van der Waals surface area contributed by atoms with Crippen molar-refractivity contribution in [1.29, 1.82) is 0 Å². The highest BCUT2D eigenvalue weighted by atomic mass is 32.3. The minimum absolute atomic E-state index is 0.380. The van der Waals surface area contributed by atoms with Crippen LogP contribution in [0.5, 0.6) is 0 Å². The summed E-state index contributed by atoms with van der Waals surface area (Å²) in [7, 11) is -3.29. The molecule has 4 heteroatoms. The minimum Gasteiger partial charge on any atom is -0.368 e. The summed E-state index contributed by atoms with van der Waals surface area (Å²) in [6.45, 7) is 3.39. The second-order valence-corrected chi connectivity index (χ2v) is 9.14. The van der Waals surface area contributed by atoms with Crippen molar-refractivity contribution in [1.82, 2.24) is 0 Å². The fourth-order valence-corrected chi connectivity index (χ4v) is 3.50. The first-order valence-electron chi connectivity index (χ1n) is 5.51. The van der Waals surface area contributed by atoms with Crippen molar-refractivity contribution in [2.24, 2.45) is 0 Å². The average Bonchev–Trinajstić information content (AvgIpc) is 2.19. The van der Waals surface area contributed by atoms with Gasteiger partial charge >= 0.3 is 0 Å². The number of benzene rings is 1. The Morgan fingerprint density at radius 1 is 1.19 bits per heavy atom. The van der Waals surface area contributed by atoms with E-state index in [9.17, 15) is 8.76 Å². The molecule has 0 bridgehead atoms. The molecule has 1 N–H and O–H groups in total. The number of aryl methyl sites for hydroxylation is 1. The Bertz CT molecular complexity index is 433. The Morgan fingerprint density at radius 2 is 1.69 bits per heavy atom. The predicted molar refractivity (Wildman–Crippen MR) is 69.8 cm³/mol. The van der Waals surface area contributed by atoms with Gasteiger partial charge in [0.05, 0.1) is 11.5 Å². The standard InChI is InChI=1S/C12H19NO2S/c1-11-3-5-12(6-4-11)13-7-9-16(2,14,15)10-8-13/h3-6H,7-10H2,1-2H3,(H,14,15). The lowest BCUT2D eigenvalue weighted by Gasteiger charge is -2.46. The molecule has 16 heavy (non-hydrogen) atoms. The van der Waals surface area contributed by atoms with Crippen LogP contribution in [0.3, 0.4) is 0 Å². The van der Waals surface area contributed by atoms with Gasteiger partial charge in [0.25, 0.3) is 0 Å². The molecule has 0 saturated carbocycles. The molecule has 1 aromatic rings. The van der Waals surface area contributed by atoms with Crippen LogP contribution in [0.1, 0.15) is 5.56 Å². The molecule has 0 aromatic heterocycles. The second kappa shape index (κ2) is 3.57. The zero-order valence-electron chi connectivity index (χ0n) is 9.85. The number of rotatable bonds is 1. The van der Waals surface area contributed by atoms with Gasteiger partial charge in [-0.15, -0.1) is 0 Å². The topological polar surface area (TPSA) is 40.5 Å². The number of hydrogen-bond donors (Lipinski definition) is 1. The maximum atomic E-state index is 12.0. The highest BCUT2D eigenvalue weighted by molar-refractivity contribution is 8.14. The van der Waals surface area contributed by atoms with E-state index in [1.807, 2.05) is 0 Å². The summed E-state index contributed by atoms with van der Waals surface area (Å²) in [5.74, 6) is 0.760. The van der Waals surface area contributed by atoms with E-state index in [1.54, 1.807) is 0 Å². The Hall–Kier alpha value is -0.870. The first kappa shape index (κ1) is 11.6. The molecule has 0 amide bonds. The summed E-state index contributed by atoms with van der Waals surface area (Å²) in [4.78, 5) is 2.18. The van der Waals surface area contributed by atoms with Gasteiger partial charge in [-0.2, -0.15) is 9.35 Å². The molecule has 1 saturated heterocycles. The minimum atomic E-state index is -3.29. The van der Waals surface area contributed by atoms with Crippen LogP contribution < -0.4 is 4.90 Å². The van der Waals surface area contributed by atoms with Gasteiger partial charge < -0.3 is 9.45 Å². The first-order chi connectivity index (χ1) is 7.33. The van der Waals surface area contributed by atoms with Gasteiger partial charge in [-0.05, 0) is 19.1 Å². The fraction of sp³-hybridized carbons (Fsp3) is 0.500. The third-order valence-electron chi connectivity index (χ3n) is 3.17. The summed E-state index contributed by atoms with van der Waals surface area (Å²) in [5.41, 5.74) is 2.38. The third-order valence-corrected chi connectivity index (χ3v) is 5.63. The number of anilines is 1. The van der Waals surface area contributed by atoms with Crippen LogP contribution in [0.4, 0.5) is 5.69 Å². The van der Waals surface area contributed by atoms with Gasteiger partial charge in [-0.3, -0.25) is 0 Å². The van der Waals surface area contributed by atoms with E-state index >= 15 is 0 Å². The summed E-state index contributed by atoms with van der Waals surface area (Å²) in [6, 6.07) is 8.30. The molecule has 1 aliphatic heterocycles. The Kier molecular flexibility index (Phi) is 2.59. The third kappa shape index (κ3) is 2.62. The highest BCUT2D eigenvalue weighted by Gasteiger charge is 2.28. The molecule has 0 aliphatic carbocycles. The monoisotopic (exact) mass is 241 g/mol. The Labute approximate surface area is 96.7 Å². The molecule has 2 rings (SSSR count). The average molecular weight is 241 g/mol. The molecule has 0 spiro atoms. The van der Waals surface area contributed by atoms with Crippen LogP contribution in [-0.4, -0.2) is 39.6 Å². The molecule has 1 heterocycles. The number of hydrogen-bond acceptors (Lipinski definition) is 2. The molecule has 1 aliphatic rings. The van der Waals surface area contributed by atoms with Crippen molar-refractivity contribution in [2.75, 3.05) is 35.8 Å². The molecule has 1 aromatic carbocycles. The van der Waals surface area contributed by atoms with Gasteiger partial charge in [0.2, 0.25) is 0 Å². The normalized spacial score (nSPS) is 25.7. The summed E-state index contributed by atoms with van der Waals surface area (Å²) < 4.78 is 21.8. The van der Waals surface area contributed by atoms with Crippen LogP contribution >= 0.6 is 0 Å². The SMILES string of the molecule is Cc1ccc(N2CCS(C)(=O)(O)CC2)cc1. The summed E-state index contributed by atoms with van der Waals surface area (Å²) in [5, 5.41) is 0. The molecule has 0 atom stereocenters. The molecule has 90 valence electrons. The van der Waals surface area contributed by atoms with Gasteiger partial charge in [0, 0.05) is 25.0 Å². The first-order valence-corrected chi connectivity index (χ1v) is 8.18. The van der Waals surface area contributed by atoms with Gasteiger partial charge in [0.15, 0.2) is 0 Å².